The highest BCUT2D eigenvalue weighted by Gasteiger charge is 2.41. The van der Waals surface area contributed by atoms with Crippen molar-refractivity contribution in [2.24, 2.45) is 0 Å². The number of hydrogen-bond acceptors (Lipinski definition) is 5. The molecule has 4 rings (SSSR count). The van der Waals surface area contributed by atoms with Gasteiger partial charge in [-0.2, -0.15) is 18.3 Å². The number of nitrogens with zero attached hydrogens (tertiary/aromatic N) is 3. The molecule has 1 atom stereocenters. The number of carbonyl (C=O) groups is 1. The Morgan fingerprint density at radius 3 is 2.49 bits per heavy atom. The number of phenols is 1. The minimum absolute atomic E-state index is 0.0745. The van der Waals surface area contributed by atoms with Crippen LogP contribution in [0.25, 0.3) is 17.1 Å². The van der Waals surface area contributed by atoms with Crippen LogP contribution < -0.4 is 0 Å². The number of aromatic nitrogens is 3. The molecule has 37 heavy (non-hydrogen) atoms. The second kappa shape index (κ2) is 10.6. The van der Waals surface area contributed by atoms with Crippen molar-refractivity contribution in [3.63, 3.8) is 0 Å². The number of pyridine rings is 1. The van der Waals surface area contributed by atoms with Crippen molar-refractivity contribution in [1.29, 1.82) is 0 Å². The predicted octanol–water partition coefficient (Wildman–Crippen LogP) is 6.84. The van der Waals surface area contributed by atoms with E-state index < -0.39 is 23.4 Å². The van der Waals surface area contributed by atoms with E-state index in [9.17, 15) is 23.1 Å². The first kappa shape index (κ1) is 26.2. The van der Waals surface area contributed by atoms with Crippen molar-refractivity contribution in [2.75, 3.05) is 6.61 Å². The lowest BCUT2D eigenvalue weighted by atomic mass is 9.89. The van der Waals surface area contributed by atoms with Gasteiger partial charge in [0.05, 0.1) is 18.5 Å². The van der Waals surface area contributed by atoms with Gasteiger partial charge in [0, 0.05) is 10.6 Å². The van der Waals surface area contributed by atoms with E-state index in [2.05, 4.69) is 10.1 Å². The number of halogens is 4. The van der Waals surface area contributed by atoms with Gasteiger partial charge in [-0.1, -0.05) is 48.9 Å². The average molecular weight is 530 g/mol. The molecule has 0 aliphatic carbocycles. The largest absolute Gasteiger partial charge is 0.508 e. The van der Waals surface area contributed by atoms with E-state index in [0.29, 0.717) is 27.4 Å². The molecule has 0 aliphatic rings. The average Bonchev–Trinajstić information content (AvgIpc) is 3.32. The molecular formula is C27H23ClF3N3O3. The van der Waals surface area contributed by atoms with Crippen molar-refractivity contribution in [3.05, 3.63) is 94.3 Å². The number of hydrogen-bond donors (Lipinski definition) is 1. The summed E-state index contributed by atoms with van der Waals surface area (Å²) in [5.74, 6) is -1.14. The Kier molecular flexibility index (Phi) is 7.54. The van der Waals surface area contributed by atoms with Gasteiger partial charge in [-0.05, 0) is 60.7 Å². The Balaban J connectivity index is 1.77. The maximum atomic E-state index is 14.0. The molecule has 0 spiro atoms. The zero-order valence-corrected chi connectivity index (χ0v) is 20.7. The van der Waals surface area contributed by atoms with Crippen LogP contribution in [0.1, 0.15) is 46.9 Å². The first-order valence-electron chi connectivity index (χ1n) is 11.5. The van der Waals surface area contributed by atoms with Gasteiger partial charge >= 0.3 is 12.1 Å². The van der Waals surface area contributed by atoms with Crippen LogP contribution in [-0.2, 0) is 17.3 Å². The standard InChI is InChI=1S/C27H23ClF3N3O3/c1-3-37-26(36)20-15-32-34(25(20)27(29,30)31)23-9-5-8-22(33-23)19-6-4-7-21(28)24(19)16(2)14-17-10-12-18(35)13-11-17/h4-13,15-16,35H,3,14H2,1-2H3. The number of carbonyl (C=O) groups excluding carboxylic acids is 1. The van der Waals surface area contributed by atoms with Crippen LogP contribution >= 0.6 is 11.6 Å². The molecular weight excluding hydrogens is 507 g/mol. The quantitative estimate of drug-likeness (QED) is 0.265. The minimum Gasteiger partial charge on any atom is -0.508 e. The molecule has 2 aromatic carbocycles. The summed E-state index contributed by atoms with van der Waals surface area (Å²) in [6.07, 6.45) is -3.44. The van der Waals surface area contributed by atoms with E-state index >= 15 is 0 Å². The smallest absolute Gasteiger partial charge is 0.434 e. The number of esters is 1. The summed E-state index contributed by atoms with van der Waals surface area (Å²) in [6, 6.07) is 16.8. The van der Waals surface area contributed by atoms with Crippen LogP contribution in [0.5, 0.6) is 5.75 Å². The lowest BCUT2D eigenvalue weighted by molar-refractivity contribution is -0.143. The first-order valence-corrected chi connectivity index (χ1v) is 11.8. The van der Waals surface area contributed by atoms with Crippen molar-refractivity contribution >= 4 is 17.6 Å². The molecule has 2 aromatic heterocycles. The molecule has 0 fully saturated rings. The number of aromatic hydroxyl groups is 1. The summed E-state index contributed by atoms with van der Waals surface area (Å²) in [5.41, 5.74) is 0.873. The third kappa shape index (κ3) is 5.61. The number of ether oxygens (including phenoxy) is 1. The summed E-state index contributed by atoms with van der Waals surface area (Å²) in [5, 5.41) is 13.9. The van der Waals surface area contributed by atoms with Gasteiger partial charge in [-0.25, -0.2) is 14.5 Å². The molecule has 6 nitrogen and oxygen atoms in total. The van der Waals surface area contributed by atoms with Crippen LogP contribution in [0.2, 0.25) is 5.02 Å². The molecule has 0 saturated carbocycles. The van der Waals surface area contributed by atoms with Gasteiger partial charge < -0.3 is 9.84 Å². The summed E-state index contributed by atoms with van der Waals surface area (Å²) in [6.45, 7) is 3.42. The maximum Gasteiger partial charge on any atom is 0.434 e. The lowest BCUT2D eigenvalue weighted by Crippen LogP contribution is -2.19. The molecule has 4 aromatic rings. The van der Waals surface area contributed by atoms with Crippen LogP contribution in [0.4, 0.5) is 13.2 Å². The summed E-state index contributed by atoms with van der Waals surface area (Å²) in [4.78, 5) is 16.6. The highest BCUT2D eigenvalue weighted by molar-refractivity contribution is 6.31. The van der Waals surface area contributed by atoms with E-state index in [0.717, 1.165) is 17.3 Å². The molecule has 0 aliphatic heterocycles. The zero-order chi connectivity index (χ0) is 26.7. The second-order valence-electron chi connectivity index (χ2n) is 8.39. The van der Waals surface area contributed by atoms with Gasteiger partial charge in [0.15, 0.2) is 11.5 Å². The maximum absolute atomic E-state index is 14.0. The second-order valence-corrected chi connectivity index (χ2v) is 8.80. The summed E-state index contributed by atoms with van der Waals surface area (Å²) < 4.78 is 47.3. The van der Waals surface area contributed by atoms with Gasteiger partial charge in [0.1, 0.15) is 11.3 Å². The van der Waals surface area contributed by atoms with Crippen molar-refractivity contribution in [2.45, 2.75) is 32.4 Å². The molecule has 2 heterocycles. The Morgan fingerprint density at radius 1 is 1.11 bits per heavy atom. The fourth-order valence-corrected chi connectivity index (χ4v) is 4.55. The Bertz CT molecular complexity index is 1420. The van der Waals surface area contributed by atoms with Crippen molar-refractivity contribution in [3.8, 4) is 22.8 Å². The summed E-state index contributed by atoms with van der Waals surface area (Å²) >= 11 is 6.59. The number of alkyl halides is 3. The molecule has 0 radical (unpaired) electrons. The number of phenolic OH excluding ortho intramolecular Hbond substituents is 1. The topological polar surface area (TPSA) is 77.2 Å². The normalized spacial score (nSPS) is 12.4. The molecule has 0 bridgehead atoms. The molecule has 0 amide bonds. The number of benzene rings is 2. The first-order chi connectivity index (χ1) is 17.6. The van der Waals surface area contributed by atoms with E-state index in [-0.39, 0.29) is 24.1 Å². The third-order valence-electron chi connectivity index (χ3n) is 5.78. The lowest BCUT2D eigenvalue weighted by Gasteiger charge is -2.19. The van der Waals surface area contributed by atoms with Crippen LogP contribution in [-0.4, -0.2) is 32.4 Å². The van der Waals surface area contributed by atoms with Crippen LogP contribution in [0, 0.1) is 0 Å². The SMILES string of the molecule is CCOC(=O)c1cnn(-c2cccc(-c3cccc(Cl)c3C(C)Cc3ccc(O)cc3)n2)c1C(F)(F)F. The Hall–Kier alpha value is -3.85. The van der Waals surface area contributed by atoms with Gasteiger partial charge in [0.2, 0.25) is 0 Å². The zero-order valence-electron chi connectivity index (χ0n) is 20.0. The molecule has 10 heteroatoms. The summed E-state index contributed by atoms with van der Waals surface area (Å²) in [7, 11) is 0. The highest BCUT2D eigenvalue weighted by atomic mass is 35.5. The van der Waals surface area contributed by atoms with Crippen molar-refractivity contribution < 1.29 is 27.8 Å². The van der Waals surface area contributed by atoms with E-state index in [4.69, 9.17) is 16.3 Å². The predicted molar refractivity (Wildman–Crippen MR) is 133 cm³/mol. The van der Waals surface area contributed by atoms with Crippen molar-refractivity contribution in [1.82, 2.24) is 14.8 Å². The van der Waals surface area contributed by atoms with E-state index in [1.165, 1.54) is 13.0 Å². The molecule has 1 unspecified atom stereocenters. The molecule has 1 N–H and O–H groups in total. The number of rotatable bonds is 7. The Morgan fingerprint density at radius 2 is 1.81 bits per heavy atom. The van der Waals surface area contributed by atoms with Crippen LogP contribution in [0.15, 0.2) is 66.9 Å². The molecule has 192 valence electrons. The molecule has 0 saturated heterocycles. The van der Waals surface area contributed by atoms with Gasteiger partial charge in [-0.3, -0.25) is 0 Å². The van der Waals surface area contributed by atoms with Gasteiger partial charge in [-0.15, -0.1) is 0 Å². The van der Waals surface area contributed by atoms with E-state index in [1.54, 1.807) is 42.5 Å². The monoisotopic (exact) mass is 529 g/mol. The minimum atomic E-state index is -4.88. The van der Waals surface area contributed by atoms with Gasteiger partial charge in [0.25, 0.3) is 0 Å². The van der Waals surface area contributed by atoms with E-state index in [1.807, 2.05) is 19.1 Å². The fraction of sp³-hybridized carbons (Fsp3) is 0.222. The van der Waals surface area contributed by atoms with Crippen LogP contribution in [0.3, 0.4) is 0 Å². The highest BCUT2D eigenvalue weighted by Crippen LogP contribution is 2.37. The Labute approximate surface area is 216 Å². The third-order valence-corrected chi connectivity index (χ3v) is 6.11. The fourth-order valence-electron chi connectivity index (χ4n) is 4.19.